The summed E-state index contributed by atoms with van der Waals surface area (Å²) in [7, 11) is 0. The van der Waals surface area contributed by atoms with Gasteiger partial charge in [0.25, 0.3) is 5.56 Å². The SMILES string of the molecule is CCN(C(=O)Nc1cccc(F)c1)C(C)c1nc2ccccc2c(=O)n1-c1ccc(C)cc1. The molecule has 1 unspecified atom stereocenters. The Morgan fingerprint density at radius 1 is 1.09 bits per heavy atom. The average molecular weight is 445 g/mol. The molecule has 1 N–H and O–H groups in total. The molecule has 2 amide bonds. The number of halogens is 1. The van der Waals surface area contributed by atoms with Gasteiger partial charge in [0.1, 0.15) is 11.6 Å². The largest absolute Gasteiger partial charge is 0.322 e. The molecular formula is C26H25FN4O2. The Balaban J connectivity index is 1.81. The minimum absolute atomic E-state index is 0.201. The van der Waals surface area contributed by atoms with E-state index >= 15 is 0 Å². The molecule has 7 heteroatoms. The Kier molecular flexibility index (Phi) is 6.22. The first-order valence-corrected chi connectivity index (χ1v) is 10.8. The highest BCUT2D eigenvalue weighted by atomic mass is 19.1. The number of anilines is 1. The lowest BCUT2D eigenvalue weighted by molar-refractivity contribution is 0.193. The van der Waals surface area contributed by atoms with Crippen molar-refractivity contribution in [2.75, 3.05) is 11.9 Å². The van der Waals surface area contributed by atoms with Crippen molar-refractivity contribution in [2.45, 2.75) is 26.8 Å². The van der Waals surface area contributed by atoms with E-state index in [1.54, 1.807) is 33.7 Å². The molecular weight excluding hydrogens is 419 g/mol. The molecule has 0 aliphatic rings. The summed E-state index contributed by atoms with van der Waals surface area (Å²) < 4.78 is 15.1. The normalized spacial score (nSPS) is 11.9. The van der Waals surface area contributed by atoms with Gasteiger partial charge in [0, 0.05) is 12.2 Å². The number of hydrogen-bond donors (Lipinski definition) is 1. The number of aryl methyl sites for hydroxylation is 1. The lowest BCUT2D eigenvalue weighted by atomic mass is 10.1. The summed E-state index contributed by atoms with van der Waals surface area (Å²) in [5.41, 5.74) is 2.46. The molecule has 4 rings (SSSR count). The molecule has 168 valence electrons. The number of nitrogens with one attached hydrogen (secondary N) is 1. The number of carbonyl (C=O) groups is 1. The van der Waals surface area contributed by atoms with Gasteiger partial charge in [-0.05, 0) is 63.2 Å². The summed E-state index contributed by atoms with van der Waals surface area (Å²) in [6.07, 6.45) is 0. The Morgan fingerprint density at radius 3 is 2.52 bits per heavy atom. The second-order valence-corrected chi connectivity index (χ2v) is 7.87. The van der Waals surface area contributed by atoms with Gasteiger partial charge in [0.05, 0.1) is 22.6 Å². The highest BCUT2D eigenvalue weighted by Gasteiger charge is 2.26. The number of para-hydroxylation sites is 1. The van der Waals surface area contributed by atoms with E-state index in [9.17, 15) is 14.0 Å². The minimum atomic E-state index is -0.540. The fourth-order valence-corrected chi connectivity index (χ4v) is 3.87. The van der Waals surface area contributed by atoms with Crippen molar-refractivity contribution in [3.63, 3.8) is 0 Å². The monoisotopic (exact) mass is 444 g/mol. The second kappa shape index (κ2) is 9.24. The van der Waals surface area contributed by atoms with Crippen LogP contribution < -0.4 is 10.9 Å². The van der Waals surface area contributed by atoms with Crippen LogP contribution in [0.5, 0.6) is 0 Å². The molecule has 33 heavy (non-hydrogen) atoms. The van der Waals surface area contributed by atoms with Gasteiger partial charge >= 0.3 is 6.03 Å². The van der Waals surface area contributed by atoms with E-state index in [1.165, 1.54) is 18.2 Å². The molecule has 0 saturated heterocycles. The van der Waals surface area contributed by atoms with Crippen molar-refractivity contribution in [2.24, 2.45) is 0 Å². The summed E-state index contributed by atoms with van der Waals surface area (Å²) in [5, 5.41) is 3.24. The van der Waals surface area contributed by atoms with Gasteiger partial charge in [0.15, 0.2) is 0 Å². The van der Waals surface area contributed by atoms with Gasteiger partial charge in [-0.15, -0.1) is 0 Å². The van der Waals surface area contributed by atoms with Gasteiger partial charge in [-0.2, -0.15) is 0 Å². The number of aromatic nitrogens is 2. The molecule has 0 aliphatic carbocycles. The number of urea groups is 1. The number of benzene rings is 3. The van der Waals surface area contributed by atoms with E-state index in [4.69, 9.17) is 4.98 Å². The standard InChI is InChI=1S/C26H25FN4O2/c1-4-30(26(33)28-20-9-7-8-19(27)16-20)18(3)24-29-23-11-6-5-10-22(23)25(32)31(24)21-14-12-17(2)13-15-21/h5-16,18H,4H2,1-3H3,(H,28,33). The van der Waals surface area contributed by atoms with E-state index in [-0.39, 0.29) is 5.56 Å². The summed E-state index contributed by atoms with van der Waals surface area (Å²) in [6, 6.07) is 19.5. The fraction of sp³-hybridized carbons (Fsp3) is 0.192. The topological polar surface area (TPSA) is 67.2 Å². The molecule has 0 aliphatic heterocycles. The molecule has 0 fully saturated rings. The maximum Gasteiger partial charge on any atom is 0.322 e. The maximum atomic E-state index is 13.6. The van der Waals surface area contributed by atoms with E-state index in [2.05, 4.69) is 5.32 Å². The van der Waals surface area contributed by atoms with E-state index < -0.39 is 17.9 Å². The van der Waals surface area contributed by atoms with Crippen LogP contribution in [0.1, 0.15) is 31.3 Å². The highest BCUT2D eigenvalue weighted by Crippen LogP contribution is 2.24. The molecule has 0 saturated carbocycles. The molecule has 1 aromatic heterocycles. The number of nitrogens with zero attached hydrogens (tertiary/aromatic N) is 3. The van der Waals surface area contributed by atoms with Gasteiger partial charge in [0.2, 0.25) is 0 Å². The molecule has 3 aromatic carbocycles. The van der Waals surface area contributed by atoms with E-state index in [0.717, 1.165) is 5.56 Å². The van der Waals surface area contributed by atoms with Crippen LogP contribution in [0.25, 0.3) is 16.6 Å². The molecule has 6 nitrogen and oxygen atoms in total. The van der Waals surface area contributed by atoms with Crippen LogP contribution in [0.15, 0.2) is 77.6 Å². The summed E-state index contributed by atoms with van der Waals surface area (Å²) in [5.74, 6) is 0.00657. The zero-order valence-corrected chi connectivity index (χ0v) is 18.7. The Bertz CT molecular complexity index is 1370. The van der Waals surface area contributed by atoms with Gasteiger partial charge < -0.3 is 10.2 Å². The summed E-state index contributed by atoms with van der Waals surface area (Å²) >= 11 is 0. The van der Waals surface area contributed by atoms with Crippen LogP contribution in [-0.2, 0) is 0 Å². The second-order valence-electron chi connectivity index (χ2n) is 7.87. The predicted octanol–water partition coefficient (Wildman–Crippen LogP) is 5.45. The van der Waals surface area contributed by atoms with Crippen molar-refractivity contribution < 1.29 is 9.18 Å². The highest BCUT2D eigenvalue weighted by molar-refractivity contribution is 5.89. The van der Waals surface area contributed by atoms with E-state index in [1.807, 2.05) is 51.1 Å². The Morgan fingerprint density at radius 2 is 1.82 bits per heavy atom. The third-order valence-corrected chi connectivity index (χ3v) is 5.61. The smallest absolute Gasteiger partial charge is 0.315 e. The predicted molar refractivity (Wildman–Crippen MR) is 128 cm³/mol. The minimum Gasteiger partial charge on any atom is -0.315 e. The number of amides is 2. The van der Waals surface area contributed by atoms with E-state index in [0.29, 0.717) is 34.6 Å². The van der Waals surface area contributed by atoms with Crippen LogP contribution in [0, 0.1) is 12.7 Å². The van der Waals surface area contributed by atoms with Crippen molar-refractivity contribution in [3.05, 3.63) is 100 Å². The number of fused-ring (bicyclic) bond motifs is 1. The Hall–Kier alpha value is -4.00. The molecule has 4 aromatic rings. The van der Waals surface area contributed by atoms with Crippen LogP contribution in [0.4, 0.5) is 14.9 Å². The van der Waals surface area contributed by atoms with Crippen LogP contribution >= 0.6 is 0 Å². The first kappa shape index (κ1) is 22.2. The lowest BCUT2D eigenvalue weighted by Gasteiger charge is -2.29. The van der Waals surface area contributed by atoms with Crippen LogP contribution in [-0.4, -0.2) is 27.0 Å². The third-order valence-electron chi connectivity index (χ3n) is 5.61. The fourth-order valence-electron chi connectivity index (χ4n) is 3.87. The van der Waals surface area contributed by atoms with Gasteiger partial charge in [-0.3, -0.25) is 9.36 Å². The maximum absolute atomic E-state index is 13.6. The molecule has 0 spiro atoms. The van der Waals surface area contributed by atoms with Crippen molar-refractivity contribution in [1.82, 2.24) is 14.5 Å². The lowest BCUT2D eigenvalue weighted by Crippen LogP contribution is -2.39. The first-order valence-electron chi connectivity index (χ1n) is 10.8. The van der Waals surface area contributed by atoms with Gasteiger partial charge in [-0.25, -0.2) is 14.2 Å². The molecule has 1 atom stereocenters. The summed E-state index contributed by atoms with van der Waals surface area (Å²) in [6.45, 7) is 6.01. The van der Waals surface area contributed by atoms with Crippen molar-refractivity contribution >= 4 is 22.6 Å². The first-order chi connectivity index (χ1) is 15.9. The zero-order chi connectivity index (χ0) is 23.5. The average Bonchev–Trinajstić information content (AvgIpc) is 2.80. The number of hydrogen-bond acceptors (Lipinski definition) is 3. The van der Waals surface area contributed by atoms with Gasteiger partial charge in [-0.1, -0.05) is 35.9 Å². The zero-order valence-electron chi connectivity index (χ0n) is 18.7. The van der Waals surface area contributed by atoms with Crippen molar-refractivity contribution in [3.8, 4) is 5.69 Å². The Labute approximate surface area is 191 Å². The summed E-state index contributed by atoms with van der Waals surface area (Å²) in [4.78, 5) is 32.9. The quantitative estimate of drug-likeness (QED) is 0.445. The van der Waals surface area contributed by atoms with Crippen LogP contribution in [0.2, 0.25) is 0 Å². The van der Waals surface area contributed by atoms with Crippen LogP contribution in [0.3, 0.4) is 0 Å². The number of rotatable bonds is 5. The molecule has 0 bridgehead atoms. The number of carbonyl (C=O) groups excluding carboxylic acids is 1. The molecule has 1 heterocycles. The van der Waals surface area contributed by atoms with Crippen molar-refractivity contribution in [1.29, 1.82) is 0 Å². The third kappa shape index (κ3) is 4.48. The molecule has 0 radical (unpaired) electrons.